The van der Waals surface area contributed by atoms with E-state index in [1.807, 2.05) is 25.3 Å². The lowest BCUT2D eigenvalue weighted by molar-refractivity contribution is 0.799. The quantitative estimate of drug-likeness (QED) is 0.671. The molecule has 0 aliphatic heterocycles. The number of fused-ring (bicyclic) bond motifs is 1. The third kappa shape index (κ3) is 2.70. The lowest BCUT2D eigenvalue weighted by Crippen LogP contribution is -2.05. The molecule has 0 saturated heterocycles. The van der Waals surface area contributed by atoms with E-state index in [0.29, 0.717) is 5.95 Å². The highest BCUT2D eigenvalue weighted by atomic mass is 15.3. The molecule has 98 valence electrons. The Hall–Kier alpha value is -2.44. The lowest BCUT2D eigenvalue weighted by atomic mass is 10.3. The second-order valence-electron chi connectivity index (χ2n) is 4.41. The van der Waals surface area contributed by atoms with E-state index in [4.69, 9.17) is 0 Å². The summed E-state index contributed by atoms with van der Waals surface area (Å²) >= 11 is 0. The number of aryl methyl sites for hydroxylation is 2. The first-order valence-corrected chi connectivity index (χ1v) is 6.22. The Morgan fingerprint density at radius 2 is 2.32 bits per heavy atom. The van der Waals surface area contributed by atoms with Crippen LogP contribution in [0.5, 0.6) is 0 Å². The van der Waals surface area contributed by atoms with Crippen molar-refractivity contribution in [2.45, 2.75) is 19.8 Å². The van der Waals surface area contributed by atoms with Crippen LogP contribution < -0.4 is 5.32 Å². The van der Waals surface area contributed by atoms with Gasteiger partial charge < -0.3 is 5.32 Å². The Balaban J connectivity index is 1.56. The largest absolute Gasteiger partial charge is 0.353 e. The fourth-order valence-electron chi connectivity index (χ4n) is 1.87. The molecule has 0 unspecified atom stereocenters. The molecule has 2 N–H and O–H groups in total. The van der Waals surface area contributed by atoms with E-state index >= 15 is 0 Å². The topological polar surface area (TPSA) is 83.8 Å². The van der Waals surface area contributed by atoms with E-state index < -0.39 is 0 Å². The van der Waals surface area contributed by atoms with Crippen LogP contribution >= 0.6 is 0 Å². The van der Waals surface area contributed by atoms with E-state index in [9.17, 15) is 0 Å². The first-order chi connectivity index (χ1) is 9.31. The standard InChI is InChI=1S/C12H15N7/c1-9-4-5-11-16-12(18-19(11)7-9)13-6-2-3-10-14-8-15-17-10/h4-5,7-8H,2-3,6H2,1H3,(H,13,18)(H,14,15,17). The summed E-state index contributed by atoms with van der Waals surface area (Å²) in [5.74, 6) is 1.56. The summed E-state index contributed by atoms with van der Waals surface area (Å²) < 4.78 is 1.79. The lowest BCUT2D eigenvalue weighted by Gasteiger charge is -1.99. The number of nitrogens with zero attached hydrogens (tertiary/aromatic N) is 5. The van der Waals surface area contributed by atoms with Gasteiger partial charge in [0.15, 0.2) is 5.65 Å². The van der Waals surface area contributed by atoms with Gasteiger partial charge in [-0.25, -0.2) is 9.50 Å². The average molecular weight is 257 g/mol. The summed E-state index contributed by atoms with van der Waals surface area (Å²) in [5.41, 5.74) is 2.01. The number of hydrogen-bond acceptors (Lipinski definition) is 5. The fourth-order valence-corrected chi connectivity index (χ4v) is 1.87. The molecule has 7 heteroatoms. The van der Waals surface area contributed by atoms with Gasteiger partial charge in [0, 0.05) is 19.2 Å². The van der Waals surface area contributed by atoms with Crippen LogP contribution in [0.25, 0.3) is 5.65 Å². The van der Waals surface area contributed by atoms with E-state index in [1.54, 1.807) is 4.52 Å². The molecule has 3 rings (SSSR count). The number of H-pyrrole nitrogens is 1. The molecule has 19 heavy (non-hydrogen) atoms. The Morgan fingerprint density at radius 3 is 3.16 bits per heavy atom. The summed E-state index contributed by atoms with van der Waals surface area (Å²) in [5, 5.41) is 14.2. The summed E-state index contributed by atoms with van der Waals surface area (Å²) in [4.78, 5) is 8.47. The van der Waals surface area contributed by atoms with Gasteiger partial charge in [0.05, 0.1) is 0 Å². The zero-order valence-electron chi connectivity index (χ0n) is 10.7. The van der Waals surface area contributed by atoms with E-state index in [0.717, 1.165) is 36.4 Å². The molecule has 3 aromatic rings. The van der Waals surface area contributed by atoms with Gasteiger partial charge >= 0.3 is 0 Å². The number of rotatable bonds is 5. The Bertz CT molecular complexity index is 656. The van der Waals surface area contributed by atoms with Gasteiger partial charge in [-0.2, -0.15) is 10.1 Å². The van der Waals surface area contributed by atoms with Crippen LogP contribution in [0.2, 0.25) is 0 Å². The van der Waals surface area contributed by atoms with Gasteiger partial charge in [0.1, 0.15) is 12.2 Å². The average Bonchev–Trinajstić information content (AvgIpc) is 3.02. The minimum Gasteiger partial charge on any atom is -0.353 e. The molecule has 3 heterocycles. The first kappa shape index (κ1) is 11.6. The zero-order chi connectivity index (χ0) is 13.1. The second-order valence-corrected chi connectivity index (χ2v) is 4.41. The normalized spacial score (nSPS) is 11.0. The van der Waals surface area contributed by atoms with Gasteiger partial charge in [-0.05, 0) is 25.0 Å². The molecule has 0 aromatic carbocycles. The van der Waals surface area contributed by atoms with Gasteiger partial charge in [0.25, 0.3) is 0 Å². The van der Waals surface area contributed by atoms with Crippen molar-refractivity contribution < 1.29 is 0 Å². The van der Waals surface area contributed by atoms with Crippen molar-refractivity contribution in [3.05, 3.63) is 36.0 Å². The highest BCUT2D eigenvalue weighted by molar-refractivity contribution is 5.43. The predicted molar refractivity (Wildman–Crippen MR) is 70.9 cm³/mol. The van der Waals surface area contributed by atoms with Crippen LogP contribution in [0.4, 0.5) is 5.95 Å². The van der Waals surface area contributed by atoms with E-state index in [-0.39, 0.29) is 0 Å². The minimum atomic E-state index is 0.656. The molecule has 0 fully saturated rings. The summed E-state index contributed by atoms with van der Waals surface area (Å²) in [6.45, 7) is 2.84. The van der Waals surface area contributed by atoms with E-state index in [2.05, 4.69) is 30.6 Å². The van der Waals surface area contributed by atoms with Crippen LogP contribution in [0.15, 0.2) is 24.7 Å². The molecular formula is C12H15N7. The number of pyridine rings is 1. The monoisotopic (exact) mass is 257 g/mol. The van der Waals surface area contributed by atoms with Gasteiger partial charge in [0.2, 0.25) is 5.95 Å². The molecule has 0 aliphatic carbocycles. The molecule has 0 spiro atoms. The van der Waals surface area contributed by atoms with Gasteiger partial charge in [-0.3, -0.25) is 5.10 Å². The molecule has 0 radical (unpaired) electrons. The Morgan fingerprint density at radius 1 is 1.37 bits per heavy atom. The van der Waals surface area contributed by atoms with Crippen LogP contribution in [-0.4, -0.2) is 36.3 Å². The third-order valence-electron chi connectivity index (χ3n) is 2.82. The second kappa shape index (κ2) is 5.05. The van der Waals surface area contributed by atoms with Crippen LogP contribution in [0.3, 0.4) is 0 Å². The zero-order valence-corrected chi connectivity index (χ0v) is 10.7. The van der Waals surface area contributed by atoms with Crippen LogP contribution in [0, 0.1) is 6.92 Å². The first-order valence-electron chi connectivity index (χ1n) is 6.22. The maximum Gasteiger partial charge on any atom is 0.243 e. The fraction of sp³-hybridized carbons (Fsp3) is 0.333. The summed E-state index contributed by atoms with van der Waals surface area (Å²) in [6, 6.07) is 3.99. The number of aromatic nitrogens is 6. The van der Waals surface area contributed by atoms with Gasteiger partial charge in [-0.1, -0.05) is 6.07 Å². The molecule has 0 amide bonds. The molecule has 0 saturated carbocycles. The Labute approximate surface area is 110 Å². The molecule has 3 aromatic heterocycles. The van der Waals surface area contributed by atoms with Crippen molar-refractivity contribution in [3.63, 3.8) is 0 Å². The maximum absolute atomic E-state index is 4.39. The van der Waals surface area contributed by atoms with Crippen molar-refractivity contribution in [1.29, 1.82) is 0 Å². The smallest absolute Gasteiger partial charge is 0.243 e. The van der Waals surface area contributed by atoms with Crippen molar-refractivity contribution in [2.75, 3.05) is 11.9 Å². The molecule has 0 atom stereocenters. The molecule has 0 aliphatic rings. The number of nitrogens with one attached hydrogen (secondary N) is 2. The number of hydrogen-bond donors (Lipinski definition) is 2. The van der Waals surface area contributed by atoms with Crippen LogP contribution in [0.1, 0.15) is 17.8 Å². The molecule has 7 nitrogen and oxygen atoms in total. The number of aromatic amines is 1. The SMILES string of the molecule is Cc1ccc2nc(NCCCc3ncn[nH]3)nn2c1. The molecule has 0 bridgehead atoms. The summed E-state index contributed by atoms with van der Waals surface area (Å²) in [7, 11) is 0. The van der Waals surface area contributed by atoms with Crippen molar-refractivity contribution in [3.8, 4) is 0 Å². The summed E-state index contributed by atoms with van der Waals surface area (Å²) in [6.07, 6.45) is 5.29. The predicted octanol–water partition coefficient (Wildman–Crippen LogP) is 1.20. The van der Waals surface area contributed by atoms with Gasteiger partial charge in [-0.15, -0.1) is 5.10 Å². The third-order valence-corrected chi connectivity index (χ3v) is 2.82. The highest BCUT2D eigenvalue weighted by Crippen LogP contribution is 2.07. The minimum absolute atomic E-state index is 0.656. The Kier molecular flexibility index (Phi) is 3.09. The molecular weight excluding hydrogens is 242 g/mol. The highest BCUT2D eigenvalue weighted by Gasteiger charge is 2.02. The number of anilines is 1. The van der Waals surface area contributed by atoms with E-state index in [1.165, 1.54) is 6.33 Å². The van der Waals surface area contributed by atoms with Crippen LogP contribution in [-0.2, 0) is 6.42 Å². The van der Waals surface area contributed by atoms with Crippen molar-refractivity contribution >= 4 is 11.6 Å². The maximum atomic E-state index is 4.39. The van der Waals surface area contributed by atoms with Crippen molar-refractivity contribution in [2.24, 2.45) is 0 Å². The van der Waals surface area contributed by atoms with Crippen molar-refractivity contribution in [1.82, 2.24) is 29.8 Å².